The lowest BCUT2D eigenvalue weighted by molar-refractivity contribution is -0.137. The van der Waals surface area contributed by atoms with Crippen molar-refractivity contribution in [3.05, 3.63) is 12.2 Å². The lowest BCUT2D eigenvalue weighted by Crippen LogP contribution is -2.30. The van der Waals surface area contributed by atoms with Gasteiger partial charge in [-0.3, -0.25) is 4.79 Å². The predicted molar refractivity (Wildman–Crippen MR) is 92.5 cm³/mol. The molecule has 4 heteroatoms. The summed E-state index contributed by atoms with van der Waals surface area (Å²) in [5.74, 6) is -0.774. The fourth-order valence-electron chi connectivity index (χ4n) is 2.97. The van der Waals surface area contributed by atoms with Crippen LogP contribution in [0.5, 0.6) is 0 Å². The number of aliphatic hydroxyl groups is 1. The number of unbranched alkanes of at least 4 members (excludes halogenated alkanes) is 7. The smallest absolute Gasteiger partial charge is 0.303 e. The molecule has 0 saturated carbocycles. The molecule has 1 aliphatic rings. The Hall–Kier alpha value is -0.870. The van der Waals surface area contributed by atoms with E-state index in [2.05, 4.69) is 13.0 Å². The van der Waals surface area contributed by atoms with Crippen molar-refractivity contribution in [3.63, 3.8) is 0 Å². The number of carboxylic acid groups (broad SMARTS) is 1. The minimum absolute atomic E-state index is 0.00701. The third-order valence-corrected chi connectivity index (χ3v) is 4.47. The van der Waals surface area contributed by atoms with Crippen LogP contribution in [-0.4, -0.2) is 34.0 Å². The average Bonchev–Trinajstić information content (AvgIpc) is 3.25. The number of aliphatic carboxylic acids is 1. The summed E-state index contributed by atoms with van der Waals surface area (Å²) in [5, 5.41) is 19.0. The number of hydrogen-bond donors (Lipinski definition) is 2. The zero-order valence-corrected chi connectivity index (χ0v) is 14.8. The van der Waals surface area contributed by atoms with E-state index >= 15 is 0 Å². The Morgan fingerprint density at radius 3 is 2.43 bits per heavy atom. The highest BCUT2D eigenvalue weighted by molar-refractivity contribution is 5.66. The summed E-state index contributed by atoms with van der Waals surface area (Å²) in [4.78, 5) is 10.5. The minimum atomic E-state index is -0.935. The normalized spacial score (nSPS) is 23.1. The molecule has 0 aliphatic carbocycles. The van der Waals surface area contributed by atoms with Gasteiger partial charge in [0.25, 0.3) is 0 Å². The lowest BCUT2D eigenvalue weighted by atomic mass is 9.96. The summed E-state index contributed by atoms with van der Waals surface area (Å²) in [7, 11) is 0. The largest absolute Gasteiger partial charge is 0.481 e. The highest BCUT2D eigenvalue weighted by Gasteiger charge is 2.49. The molecule has 0 aromatic carbocycles. The van der Waals surface area contributed by atoms with E-state index in [0.717, 1.165) is 6.42 Å². The molecule has 1 rings (SSSR count). The van der Waals surface area contributed by atoms with E-state index in [0.29, 0.717) is 12.8 Å². The van der Waals surface area contributed by atoms with Crippen molar-refractivity contribution in [2.45, 2.75) is 102 Å². The summed E-state index contributed by atoms with van der Waals surface area (Å²) in [6.45, 7) is 4.01. The molecule has 134 valence electrons. The van der Waals surface area contributed by atoms with Gasteiger partial charge in [-0.15, -0.1) is 0 Å². The molecule has 1 heterocycles. The van der Waals surface area contributed by atoms with Crippen molar-refractivity contribution in [3.8, 4) is 0 Å². The van der Waals surface area contributed by atoms with Crippen molar-refractivity contribution < 1.29 is 19.7 Å². The molecule has 1 aliphatic heterocycles. The van der Waals surface area contributed by atoms with Gasteiger partial charge in [-0.2, -0.15) is 0 Å². The molecule has 2 N–H and O–H groups in total. The van der Waals surface area contributed by atoms with Crippen molar-refractivity contribution in [1.82, 2.24) is 0 Å². The molecule has 1 fully saturated rings. The van der Waals surface area contributed by atoms with Crippen LogP contribution in [0.15, 0.2) is 12.2 Å². The molecule has 23 heavy (non-hydrogen) atoms. The molecule has 0 aromatic rings. The van der Waals surface area contributed by atoms with Gasteiger partial charge in [-0.1, -0.05) is 57.6 Å². The number of carboxylic acids is 1. The van der Waals surface area contributed by atoms with Crippen molar-refractivity contribution in [1.29, 1.82) is 0 Å². The second kappa shape index (κ2) is 10.8. The number of rotatable bonds is 14. The Labute approximate surface area is 140 Å². The number of epoxide rings is 1. The first-order chi connectivity index (χ1) is 11.0. The molecule has 0 radical (unpaired) electrons. The molecule has 4 nitrogen and oxygen atoms in total. The quantitative estimate of drug-likeness (QED) is 0.281. The molecule has 0 amide bonds. The van der Waals surface area contributed by atoms with Crippen molar-refractivity contribution in [2.24, 2.45) is 0 Å². The van der Waals surface area contributed by atoms with Crippen LogP contribution in [-0.2, 0) is 9.53 Å². The Morgan fingerprint density at radius 1 is 1.13 bits per heavy atom. The van der Waals surface area contributed by atoms with Crippen molar-refractivity contribution in [2.75, 3.05) is 0 Å². The zero-order valence-electron chi connectivity index (χ0n) is 14.8. The molecule has 0 spiro atoms. The SMILES string of the molecule is CCCCCCCCC/C=C\C(C)(O)C1OC1CCCC(=O)O. The molecular formula is C19H34O4. The van der Waals surface area contributed by atoms with E-state index in [4.69, 9.17) is 9.84 Å². The van der Waals surface area contributed by atoms with E-state index in [1.54, 1.807) is 6.92 Å². The Bertz CT molecular complexity index is 362. The first kappa shape index (κ1) is 20.2. The van der Waals surface area contributed by atoms with Gasteiger partial charge >= 0.3 is 5.97 Å². The average molecular weight is 326 g/mol. The monoisotopic (exact) mass is 326 g/mol. The molecule has 0 bridgehead atoms. The van der Waals surface area contributed by atoms with Gasteiger partial charge < -0.3 is 14.9 Å². The number of hydrogen-bond acceptors (Lipinski definition) is 3. The van der Waals surface area contributed by atoms with Gasteiger partial charge in [-0.25, -0.2) is 0 Å². The van der Waals surface area contributed by atoms with Crippen LogP contribution in [0.1, 0.15) is 84.5 Å². The molecule has 3 atom stereocenters. The number of allylic oxidation sites excluding steroid dienone is 1. The minimum Gasteiger partial charge on any atom is -0.481 e. The number of carbonyl (C=O) groups is 1. The van der Waals surface area contributed by atoms with Gasteiger partial charge in [0.2, 0.25) is 0 Å². The Morgan fingerprint density at radius 2 is 1.78 bits per heavy atom. The third kappa shape index (κ3) is 9.11. The first-order valence-electron chi connectivity index (χ1n) is 9.24. The van der Waals surface area contributed by atoms with Gasteiger partial charge in [0.1, 0.15) is 11.7 Å². The summed E-state index contributed by atoms with van der Waals surface area (Å²) >= 11 is 0. The van der Waals surface area contributed by atoms with E-state index < -0.39 is 11.6 Å². The summed E-state index contributed by atoms with van der Waals surface area (Å²) in [6, 6.07) is 0. The second-order valence-corrected chi connectivity index (χ2v) is 6.92. The van der Waals surface area contributed by atoms with E-state index in [1.807, 2.05) is 6.08 Å². The Balaban J connectivity index is 2.07. The third-order valence-electron chi connectivity index (χ3n) is 4.47. The lowest BCUT2D eigenvalue weighted by Gasteiger charge is -2.16. The Kier molecular flexibility index (Phi) is 9.49. The summed E-state index contributed by atoms with van der Waals surface area (Å²) in [6.07, 6.45) is 15.3. The fourth-order valence-corrected chi connectivity index (χ4v) is 2.97. The van der Waals surface area contributed by atoms with Crippen LogP contribution < -0.4 is 0 Å². The molecule has 0 aromatic heterocycles. The van der Waals surface area contributed by atoms with E-state index in [-0.39, 0.29) is 18.6 Å². The van der Waals surface area contributed by atoms with Crippen LogP contribution in [0, 0.1) is 0 Å². The van der Waals surface area contributed by atoms with Gasteiger partial charge in [0, 0.05) is 6.42 Å². The van der Waals surface area contributed by atoms with Crippen LogP contribution >= 0.6 is 0 Å². The van der Waals surface area contributed by atoms with Gasteiger partial charge in [-0.05, 0) is 32.6 Å². The van der Waals surface area contributed by atoms with Crippen LogP contribution in [0.2, 0.25) is 0 Å². The predicted octanol–water partition coefficient (Wildman–Crippen LogP) is 4.46. The number of ether oxygens (including phenoxy) is 1. The zero-order chi connectivity index (χ0) is 17.1. The molecular weight excluding hydrogens is 292 g/mol. The van der Waals surface area contributed by atoms with Crippen LogP contribution in [0.25, 0.3) is 0 Å². The highest BCUT2D eigenvalue weighted by Crippen LogP contribution is 2.36. The standard InChI is InChI=1S/C19H34O4/c1-3-4-5-6-7-8-9-10-11-15-19(2,22)18-16(23-18)13-12-14-17(20)21/h11,15-16,18,22H,3-10,12-14H2,1-2H3,(H,20,21)/b15-11-. The maximum atomic E-state index is 10.5. The maximum absolute atomic E-state index is 10.5. The second-order valence-electron chi connectivity index (χ2n) is 6.92. The van der Waals surface area contributed by atoms with E-state index in [9.17, 15) is 9.90 Å². The van der Waals surface area contributed by atoms with E-state index in [1.165, 1.54) is 44.9 Å². The summed E-state index contributed by atoms with van der Waals surface area (Å²) in [5.41, 5.74) is -0.935. The molecule has 1 saturated heterocycles. The fraction of sp³-hybridized carbons (Fsp3) is 0.842. The topological polar surface area (TPSA) is 70.1 Å². The first-order valence-corrected chi connectivity index (χ1v) is 9.24. The maximum Gasteiger partial charge on any atom is 0.303 e. The van der Waals surface area contributed by atoms with Crippen LogP contribution in [0.3, 0.4) is 0 Å². The van der Waals surface area contributed by atoms with Gasteiger partial charge in [0.05, 0.1) is 6.10 Å². The molecule has 3 unspecified atom stereocenters. The summed E-state index contributed by atoms with van der Waals surface area (Å²) < 4.78 is 5.50. The van der Waals surface area contributed by atoms with Crippen molar-refractivity contribution >= 4 is 5.97 Å². The highest BCUT2D eigenvalue weighted by atomic mass is 16.6. The van der Waals surface area contributed by atoms with Crippen LogP contribution in [0.4, 0.5) is 0 Å². The van der Waals surface area contributed by atoms with Gasteiger partial charge in [0.15, 0.2) is 0 Å².